The Morgan fingerprint density at radius 2 is 1.63 bits per heavy atom. The van der Waals surface area contributed by atoms with Gasteiger partial charge in [-0.25, -0.2) is 18.1 Å². The Hall–Kier alpha value is -2.55. The lowest BCUT2D eigenvalue weighted by Gasteiger charge is -2.12. The maximum Gasteiger partial charge on any atom is 0.264 e. The SMILES string of the molecule is CCCCCCCCCCOc1nc(NS(=O)(=O)c2ccc(N)cc2)ncc1OC. The lowest BCUT2D eigenvalue weighted by atomic mass is 10.1. The van der Waals surface area contributed by atoms with Crippen LogP contribution in [0, 0.1) is 0 Å². The fraction of sp³-hybridized carbons (Fsp3) is 0.524. The number of nitrogens with two attached hydrogens (primary N) is 1. The molecule has 2 aromatic rings. The number of ether oxygens (including phenoxy) is 2. The number of aromatic nitrogens is 2. The van der Waals surface area contributed by atoms with Gasteiger partial charge in [0.05, 0.1) is 24.8 Å². The molecule has 0 fully saturated rings. The maximum atomic E-state index is 12.5. The van der Waals surface area contributed by atoms with Crippen molar-refractivity contribution in [1.82, 2.24) is 9.97 Å². The van der Waals surface area contributed by atoms with Gasteiger partial charge in [0.15, 0.2) is 5.75 Å². The molecule has 0 saturated carbocycles. The van der Waals surface area contributed by atoms with Crippen LogP contribution < -0.4 is 19.9 Å². The van der Waals surface area contributed by atoms with Gasteiger partial charge >= 0.3 is 0 Å². The van der Waals surface area contributed by atoms with Crippen LogP contribution in [-0.2, 0) is 10.0 Å². The summed E-state index contributed by atoms with van der Waals surface area (Å²) in [5, 5.41) is 0. The van der Waals surface area contributed by atoms with Crippen molar-refractivity contribution in [3.8, 4) is 11.6 Å². The summed E-state index contributed by atoms with van der Waals surface area (Å²) in [5.74, 6) is 0.481. The van der Waals surface area contributed by atoms with Gasteiger partial charge in [0.1, 0.15) is 0 Å². The number of hydrogen-bond donors (Lipinski definition) is 2. The first kappa shape index (κ1) is 23.7. The van der Waals surface area contributed by atoms with Crippen LogP contribution in [0.15, 0.2) is 35.4 Å². The Kier molecular flexibility index (Phi) is 9.66. The lowest BCUT2D eigenvalue weighted by molar-refractivity contribution is 0.273. The summed E-state index contributed by atoms with van der Waals surface area (Å²) in [6, 6.07) is 5.87. The van der Waals surface area contributed by atoms with E-state index in [1.807, 2.05) is 0 Å². The molecule has 0 aliphatic heterocycles. The van der Waals surface area contributed by atoms with Gasteiger partial charge in [0.2, 0.25) is 5.95 Å². The molecule has 0 atom stereocenters. The normalized spacial score (nSPS) is 11.3. The van der Waals surface area contributed by atoms with E-state index in [1.165, 1.54) is 76.1 Å². The van der Waals surface area contributed by atoms with Crippen molar-refractivity contribution in [3.05, 3.63) is 30.5 Å². The van der Waals surface area contributed by atoms with Crippen molar-refractivity contribution in [2.75, 3.05) is 24.2 Å². The van der Waals surface area contributed by atoms with E-state index in [4.69, 9.17) is 15.2 Å². The maximum absolute atomic E-state index is 12.5. The number of nitrogens with zero attached hydrogens (tertiary/aromatic N) is 2. The molecule has 1 aromatic carbocycles. The summed E-state index contributed by atoms with van der Waals surface area (Å²) in [7, 11) is -2.35. The Morgan fingerprint density at radius 3 is 2.27 bits per heavy atom. The molecule has 0 radical (unpaired) electrons. The molecule has 1 heterocycles. The molecule has 0 spiro atoms. The van der Waals surface area contributed by atoms with Crippen LogP contribution >= 0.6 is 0 Å². The molecule has 1 aromatic heterocycles. The van der Waals surface area contributed by atoms with Crippen LogP contribution in [0.2, 0.25) is 0 Å². The minimum Gasteiger partial charge on any atom is -0.490 e. The molecule has 2 rings (SSSR count). The van der Waals surface area contributed by atoms with Gasteiger partial charge in [-0.2, -0.15) is 4.98 Å². The third kappa shape index (κ3) is 7.70. The molecule has 0 amide bonds. The van der Waals surface area contributed by atoms with Gasteiger partial charge in [-0.3, -0.25) is 0 Å². The number of benzene rings is 1. The Bertz CT molecular complexity index is 873. The smallest absolute Gasteiger partial charge is 0.264 e. The summed E-state index contributed by atoms with van der Waals surface area (Å²) >= 11 is 0. The Labute approximate surface area is 179 Å². The lowest BCUT2D eigenvalue weighted by Crippen LogP contribution is -2.15. The predicted octanol–water partition coefficient (Wildman–Crippen LogP) is 4.39. The van der Waals surface area contributed by atoms with Crippen LogP contribution in [0.3, 0.4) is 0 Å². The Morgan fingerprint density at radius 1 is 1.00 bits per heavy atom. The highest BCUT2D eigenvalue weighted by atomic mass is 32.2. The second-order valence-corrected chi connectivity index (χ2v) is 8.75. The fourth-order valence-corrected chi connectivity index (χ4v) is 3.83. The van der Waals surface area contributed by atoms with Crippen LogP contribution in [0.4, 0.5) is 11.6 Å². The zero-order chi connectivity index (χ0) is 21.8. The molecule has 9 heteroatoms. The van der Waals surface area contributed by atoms with Gasteiger partial charge in [-0.15, -0.1) is 0 Å². The second kappa shape index (κ2) is 12.2. The molecule has 166 valence electrons. The zero-order valence-electron chi connectivity index (χ0n) is 17.8. The van der Waals surface area contributed by atoms with Crippen molar-refractivity contribution in [1.29, 1.82) is 0 Å². The summed E-state index contributed by atoms with van der Waals surface area (Å²) in [4.78, 5) is 8.23. The van der Waals surface area contributed by atoms with E-state index in [0.717, 1.165) is 12.8 Å². The minimum absolute atomic E-state index is 0.0672. The number of anilines is 2. The molecule has 0 unspecified atom stereocenters. The van der Waals surface area contributed by atoms with Gasteiger partial charge < -0.3 is 15.2 Å². The molecule has 0 aliphatic rings. The highest BCUT2D eigenvalue weighted by Gasteiger charge is 2.17. The number of hydrogen-bond acceptors (Lipinski definition) is 7. The first-order chi connectivity index (χ1) is 14.5. The van der Waals surface area contributed by atoms with Crippen LogP contribution in [0.25, 0.3) is 0 Å². The molecule has 0 saturated heterocycles. The van der Waals surface area contributed by atoms with E-state index in [0.29, 0.717) is 18.0 Å². The summed E-state index contributed by atoms with van der Waals surface area (Å²) in [6.07, 6.45) is 10.9. The van der Waals surface area contributed by atoms with Crippen LogP contribution in [0.5, 0.6) is 11.6 Å². The highest BCUT2D eigenvalue weighted by molar-refractivity contribution is 7.92. The third-order valence-electron chi connectivity index (χ3n) is 4.59. The van der Waals surface area contributed by atoms with Crippen LogP contribution in [-0.4, -0.2) is 32.1 Å². The average molecular weight is 437 g/mol. The van der Waals surface area contributed by atoms with Crippen molar-refractivity contribution in [2.45, 2.75) is 63.2 Å². The van der Waals surface area contributed by atoms with E-state index in [2.05, 4.69) is 21.6 Å². The van der Waals surface area contributed by atoms with E-state index in [-0.39, 0.29) is 16.7 Å². The molecular formula is C21H32N4O4S. The van der Waals surface area contributed by atoms with Crippen molar-refractivity contribution >= 4 is 21.7 Å². The van der Waals surface area contributed by atoms with Gasteiger partial charge in [-0.1, -0.05) is 51.9 Å². The molecule has 0 aliphatic carbocycles. The van der Waals surface area contributed by atoms with Crippen molar-refractivity contribution in [2.24, 2.45) is 0 Å². The number of sulfonamides is 1. The topological polar surface area (TPSA) is 116 Å². The number of rotatable bonds is 14. The Balaban J connectivity index is 1.89. The second-order valence-electron chi connectivity index (χ2n) is 7.07. The van der Waals surface area contributed by atoms with Crippen molar-refractivity contribution < 1.29 is 17.9 Å². The molecule has 0 bridgehead atoms. The largest absolute Gasteiger partial charge is 0.490 e. The molecule has 8 nitrogen and oxygen atoms in total. The van der Waals surface area contributed by atoms with E-state index < -0.39 is 10.0 Å². The average Bonchev–Trinajstić information content (AvgIpc) is 2.73. The molecule has 3 N–H and O–H groups in total. The monoisotopic (exact) mass is 436 g/mol. The van der Waals surface area contributed by atoms with Crippen molar-refractivity contribution in [3.63, 3.8) is 0 Å². The van der Waals surface area contributed by atoms with E-state index in [9.17, 15) is 8.42 Å². The summed E-state index contributed by atoms with van der Waals surface area (Å²) in [6.45, 7) is 2.69. The highest BCUT2D eigenvalue weighted by Crippen LogP contribution is 2.26. The third-order valence-corrected chi connectivity index (χ3v) is 5.94. The molecular weight excluding hydrogens is 404 g/mol. The number of nitrogens with one attached hydrogen (secondary N) is 1. The minimum atomic E-state index is -3.84. The zero-order valence-corrected chi connectivity index (χ0v) is 18.6. The standard InChI is InChI=1S/C21H32N4O4S/c1-3-4-5-6-7-8-9-10-15-29-20-19(28-2)16-23-21(24-20)25-30(26,27)18-13-11-17(22)12-14-18/h11-14,16H,3-10,15,22H2,1-2H3,(H,23,24,25). The first-order valence-electron chi connectivity index (χ1n) is 10.4. The number of methoxy groups -OCH3 is 1. The first-order valence-corrected chi connectivity index (χ1v) is 11.9. The number of nitrogen functional groups attached to an aromatic ring is 1. The number of unbranched alkanes of at least 4 members (excludes halogenated alkanes) is 7. The predicted molar refractivity (Wildman–Crippen MR) is 118 cm³/mol. The fourth-order valence-electron chi connectivity index (χ4n) is 2.88. The van der Waals surface area contributed by atoms with E-state index in [1.54, 1.807) is 0 Å². The molecule has 30 heavy (non-hydrogen) atoms. The summed E-state index contributed by atoms with van der Waals surface area (Å²) in [5.41, 5.74) is 6.09. The van der Waals surface area contributed by atoms with Gasteiger partial charge in [-0.05, 0) is 30.7 Å². The van der Waals surface area contributed by atoms with Crippen LogP contribution in [0.1, 0.15) is 58.3 Å². The summed E-state index contributed by atoms with van der Waals surface area (Å²) < 4.78 is 38.3. The van der Waals surface area contributed by atoms with Gasteiger partial charge in [0, 0.05) is 5.69 Å². The van der Waals surface area contributed by atoms with E-state index >= 15 is 0 Å². The van der Waals surface area contributed by atoms with Gasteiger partial charge in [0.25, 0.3) is 15.9 Å². The quantitative estimate of drug-likeness (QED) is 0.333.